The fourth-order valence-corrected chi connectivity index (χ4v) is 2.38. The molecule has 2 nitrogen and oxygen atoms in total. The van der Waals surface area contributed by atoms with E-state index in [1.807, 2.05) is 4.90 Å². The number of nitrogens with zero attached hydrogens (tertiary/aromatic N) is 1. The third-order valence-electron chi connectivity index (χ3n) is 2.23. The molecule has 0 aromatic heterocycles. The third kappa shape index (κ3) is 2.67. The molecular formula is C10H15NOS. The Hall–Kier alpha value is -0.620. The average Bonchev–Trinajstić information content (AvgIpc) is 2.54. The van der Waals surface area contributed by atoms with E-state index in [0.29, 0.717) is 6.04 Å². The number of amides is 1. The van der Waals surface area contributed by atoms with Crippen molar-refractivity contribution >= 4 is 17.7 Å². The predicted molar refractivity (Wildman–Crippen MR) is 56.6 cm³/mol. The van der Waals surface area contributed by atoms with E-state index in [9.17, 15) is 4.79 Å². The molecular weight excluding hydrogens is 182 g/mol. The summed E-state index contributed by atoms with van der Waals surface area (Å²) in [6, 6.07) is 0.420. The molecule has 0 aromatic carbocycles. The van der Waals surface area contributed by atoms with Gasteiger partial charge >= 0.3 is 0 Å². The minimum absolute atomic E-state index is 0.000880. The Labute approximate surface area is 84.1 Å². The highest BCUT2D eigenvalue weighted by atomic mass is 32.2. The number of hydrogen-bond acceptors (Lipinski definition) is 2. The lowest BCUT2D eigenvalue weighted by molar-refractivity contribution is -0.125. The van der Waals surface area contributed by atoms with E-state index in [1.165, 1.54) is 0 Å². The molecule has 13 heavy (non-hydrogen) atoms. The van der Waals surface area contributed by atoms with Gasteiger partial charge in [0.1, 0.15) is 0 Å². The molecule has 0 aromatic rings. The van der Waals surface area contributed by atoms with Crippen LogP contribution >= 0.6 is 11.8 Å². The second-order valence-corrected chi connectivity index (χ2v) is 4.04. The summed E-state index contributed by atoms with van der Waals surface area (Å²) in [6.07, 6.45) is 4.34. The molecule has 1 rings (SSSR count). The molecule has 1 aliphatic heterocycles. The summed E-state index contributed by atoms with van der Waals surface area (Å²) in [4.78, 5) is 13.4. The van der Waals surface area contributed by atoms with Crippen molar-refractivity contribution in [3.63, 3.8) is 0 Å². The van der Waals surface area contributed by atoms with E-state index < -0.39 is 0 Å². The van der Waals surface area contributed by atoms with Crippen molar-refractivity contribution in [3.8, 4) is 11.8 Å². The van der Waals surface area contributed by atoms with Crippen LogP contribution in [0.25, 0.3) is 0 Å². The van der Waals surface area contributed by atoms with Crippen molar-refractivity contribution in [2.75, 3.05) is 18.6 Å². The van der Waals surface area contributed by atoms with Crippen LogP contribution in [0, 0.1) is 11.8 Å². The van der Waals surface area contributed by atoms with Gasteiger partial charge in [-0.1, -0.05) is 5.92 Å². The maximum atomic E-state index is 11.5. The Bertz CT molecular complexity index is 241. The van der Waals surface area contributed by atoms with Crippen LogP contribution in [0.15, 0.2) is 0 Å². The van der Waals surface area contributed by atoms with Crippen molar-refractivity contribution in [1.82, 2.24) is 4.90 Å². The zero-order valence-electron chi connectivity index (χ0n) is 8.17. The highest BCUT2D eigenvalue weighted by molar-refractivity contribution is 7.98. The quantitative estimate of drug-likeness (QED) is 0.623. The van der Waals surface area contributed by atoms with Crippen molar-refractivity contribution in [2.45, 2.75) is 25.8 Å². The Balaban J connectivity index is 2.55. The van der Waals surface area contributed by atoms with Gasteiger partial charge < -0.3 is 4.90 Å². The van der Waals surface area contributed by atoms with Crippen LogP contribution in [0.5, 0.6) is 0 Å². The Morgan fingerprint density at radius 3 is 3.08 bits per heavy atom. The van der Waals surface area contributed by atoms with Crippen LogP contribution in [0.4, 0.5) is 0 Å². The molecule has 1 fully saturated rings. The molecule has 1 heterocycles. The summed E-state index contributed by atoms with van der Waals surface area (Å²) in [7, 11) is 0. The topological polar surface area (TPSA) is 20.3 Å². The molecule has 1 unspecified atom stereocenters. The SMILES string of the molecule is CC#CC(=O)N1CCCC1CSC. The van der Waals surface area contributed by atoms with Crippen LogP contribution < -0.4 is 0 Å². The number of hydrogen-bond donors (Lipinski definition) is 0. The molecule has 3 heteroatoms. The number of carbonyl (C=O) groups is 1. The van der Waals surface area contributed by atoms with E-state index in [2.05, 4.69) is 18.1 Å². The monoisotopic (exact) mass is 197 g/mol. The van der Waals surface area contributed by atoms with Crippen LogP contribution in [0.2, 0.25) is 0 Å². The van der Waals surface area contributed by atoms with Gasteiger partial charge in [-0.15, -0.1) is 0 Å². The van der Waals surface area contributed by atoms with Crippen molar-refractivity contribution in [3.05, 3.63) is 0 Å². The van der Waals surface area contributed by atoms with Gasteiger partial charge in [0.15, 0.2) is 0 Å². The highest BCUT2D eigenvalue weighted by Crippen LogP contribution is 2.19. The zero-order chi connectivity index (χ0) is 9.68. The Morgan fingerprint density at radius 1 is 1.69 bits per heavy atom. The zero-order valence-corrected chi connectivity index (χ0v) is 8.99. The van der Waals surface area contributed by atoms with Crippen molar-refractivity contribution in [2.24, 2.45) is 0 Å². The lowest BCUT2D eigenvalue weighted by Crippen LogP contribution is -2.36. The highest BCUT2D eigenvalue weighted by Gasteiger charge is 2.26. The Kier molecular flexibility index (Phi) is 4.17. The number of likely N-dealkylation sites (tertiary alicyclic amines) is 1. The lowest BCUT2D eigenvalue weighted by Gasteiger charge is -2.21. The fraction of sp³-hybridized carbons (Fsp3) is 0.700. The standard InChI is InChI=1S/C10H15NOS/c1-3-5-10(12)11-7-4-6-9(11)8-13-2/h9H,4,6-8H2,1-2H3. The van der Waals surface area contributed by atoms with Crippen LogP contribution in [0.1, 0.15) is 19.8 Å². The summed E-state index contributed by atoms with van der Waals surface area (Å²) < 4.78 is 0. The molecule has 1 saturated heterocycles. The van der Waals surface area contributed by atoms with Gasteiger partial charge in [0.2, 0.25) is 0 Å². The maximum absolute atomic E-state index is 11.5. The number of thioether (sulfide) groups is 1. The largest absolute Gasteiger partial charge is 0.328 e. The summed E-state index contributed by atoms with van der Waals surface area (Å²) in [5, 5.41) is 0. The van der Waals surface area contributed by atoms with Crippen molar-refractivity contribution in [1.29, 1.82) is 0 Å². The third-order valence-corrected chi connectivity index (χ3v) is 2.95. The first-order valence-electron chi connectivity index (χ1n) is 4.52. The fourth-order valence-electron chi connectivity index (χ4n) is 1.65. The first-order chi connectivity index (χ1) is 6.29. The summed E-state index contributed by atoms with van der Waals surface area (Å²) >= 11 is 1.80. The summed E-state index contributed by atoms with van der Waals surface area (Å²) in [5.41, 5.74) is 0. The van der Waals surface area contributed by atoms with Gasteiger partial charge in [0.25, 0.3) is 5.91 Å². The number of carbonyl (C=O) groups excluding carboxylic acids is 1. The first-order valence-corrected chi connectivity index (χ1v) is 5.91. The minimum atomic E-state index is -0.000880. The molecule has 0 N–H and O–H groups in total. The van der Waals surface area contributed by atoms with E-state index >= 15 is 0 Å². The van der Waals surface area contributed by atoms with E-state index in [4.69, 9.17) is 0 Å². The van der Waals surface area contributed by atoms with E-state index in [-0.39, 0.29) is 5.91 Å². The van der Waals surface area contributed by atoms with Gasteiger partial charge in [-0.2, -0.15) is 11.8 Å². The molecule has 0 aliphatic carbocycles. The second-order valence-electron chi connectivity index (χ2n) is 3.12. The predicted octanol–water partition coefficient (Wildman–Crippen LogP) is 1.36. The smallest absolute Gasteiger partial charge is 0.298 e. The molecule has 1 amide bonds. The molecule has 1 aliphatic rings. The van der Waals surface area contributed by atoms with E-state index in [1.54, 1.807) is 18.7 Å². The first kappa shape index (κ1) is 10.5. The lowest BCUT2D eigenvalue weighted by atomic mass is 10.2. The van der Waals surface area contributed by atoms with E-state index in [0.717, 1.165) is 25.1 Å². The maximum Gasteiger partial charge on any atom is 0.298 e. The normalized spacial score (nSPS) is 21.1. The Morgan fingerprint density at radius 2 is 2.46 bits per heavy atom. The van der Waals surface area contributed by atoms with Gasteiger partial charge in [-0.05, 0) is 31.9 Å². The molecule has 1 atom stereocenters. The summed E-state index contributed by atoms with van der Waals surface area (Å²) in [6.45, 7) is 2.59. The molecule has 0 saturated carbocycles. The van der Waals surface area contributed by atoms with Crippen LogP contribution in [-0.4, -0.2) is 35.4 Å². The molecule has 0 radical (unpaired) electrons. The molecule has 0 spiro atoms. The molecule has 0 bridgehead atoms. The van der Waals surface area contributed by atoms with Gasteiger partial charge in [-0.3, -0.25) is 4.79 Å². The van der Waals surface area contributed by atoms with Gasteiger partial charge in [0, 0.05) is 18.3 Å². The molecule has 72 valence electrons. The van der Waals surface area contributed by atoms with Crippen LogP contribution in [-0.2, 0) is 4.79 Å². The minimum Gasteiger partial charge on any atom is -0.328 e. The van der Waals surface area contributed by atoms with Gasteiger partial charge in [-0.25, -0.2) is 0 Å². The average molecular weight is 197 g/mol. The second kappa shape index (κ2) is 5.18. The van der Waals surface area contributed by atoms with Gasteiger partial charge in [0.05, 0.1) is 0 Å². The summed E-state index contributed by atoms with van der Waals surface area (Å²) in [5.74, 6) is 6.30. The van der Waals surface area contributed by atoms with Crippen LogP contribution in [0.3, 0.4) is 0 Å². The van der Waals surface area contributed by atoms with Crippen molar-refractivity contribution < 1.29 is 4.79 Å². The number of rotatable bonds is 2.